The summed E-state index contributed by atoms with van der Waals surface area (Å²) in [7, 11) is -2.98. The molecule has 1 amide bonds. The molecule has 6 heteroatoms. The van der Waals surface area contributed by atoms with E-state index in [0.717, 1.165) is 5.56 Å². The Kier molecular flexibility index (Phi) is 4.77. The number of carbonyl (C=O) groups excluding carboxylic acids is 1. The zero-order chi connectivity index (χ0) is 14.6. The maximum Gasteiger partial charge on any atom is 0.249 e. The highest BCUT2D eigenvalue weighted by Gasteiger charge is 2.30. The zero-order valence-corrected chi connectivity index (χ0v) is 12.2. The second-order valence-corrected chi connectivity index (χ2v) is 7.28. The van der Waals surface area contributed by atoms with Gasteiger partial charge in [0.2, 0.25) is 5.91 Å². The number of ether oxygens (including phenoxy) is 1. The van der Waals surface area contributed by atoms with Gasteiger partial charge >= 0.3 is 0 Å². The first-order chi connectivity index (χ1) is 9.46. The van der Waals surface area contributed by atoms with Gasteiger partial charge < -0.3 is 10.1 Å². The number of benzene rings is 1. The molecule has 1 heterocycles. The summed E-state index contributed by atoms with van der Waals surface area (Å²) < 4.78 is 28.1. The van der Waals surface area contributed by atoms with E-state index in [1.54, 1.807) is 6.92 Å². The molecule has 0 bridgehead atoms. The normalized spacial score (nSPS) is 22.4. The molecule has 0 aromatic heterocycles. The SMILES string of the molecule is C[C@@H](OCc1ccccc1)C(=O)N[C@H]1CCS(=O)(=O)C1. The van der Waals surface area contributed by atoms with Crippen LogP contribution in [0.2, 0.25) is 0 Å². The van der Waals surface area contributed by atoms with Crippen LogP contribution in [0.15, 0.2) is 30.3 Å². The van der Waals surface area contributed by atoms with Gasteiger partial charge in [-0.25, -0.2) is 8.42 Å². The number of nitrogens with one attached hydrogen (secondary N) is 1. The smallest absolute Gasteiger partial charge is 0.249 e. The van der Waals surface area contributed by atoms with Crippen molar-refractivity contribution in [2.75, 3.05) is 11.5 Å². The van der Waals surface area contributed by atoms with Crippen LogP contribution >= 0.6 is 0 Å². The third-order valence-corrected chi connectivity index (χ3v) is 5.06. The Morgan fingerprint density at radius 3 is 2.70 bits per heavy atom. The molecular formula is C14H19NO4S. The molecule has 1 N–H and O–H groups in total. The molecule has 2 rings (SSSR count). The highest BCUT2D eigenvalue weighted by Crippen LogP contribution is 2.12. The summed E-state index contributed by atoms with van der Waals surface area (Å²) in [5.74, 6) is -0.0792. The standard InChI is InChI=1S/C14H19NO4S/c1-11(19-9-12-5-3-2-4-6-12)14(16)15-13-7-8-20(17,18)10-13/h2-6,11,13H,7-10H2,1H3,(H,15,16)/t11-,13+/m1/s1. The topological polar surface area (TPSA) is 72.5 Å². The Balaban J connectivity index is 1.78. The quantitative estimate of drug-likeness (QED) is 0.876. The largest absolute Gasteiger partial charge is 0.364 e. The second kappa shape index (κ2) is 6.37. The van der Waals surface area contributed by atoms with Crippen LogP contribution in [0, 0.1) is 0 Å². The van der Waals surface area contributed by atoms with Crippen molar-refractivity contribution in [3.8, 4) is 0 Å². The molecule has 1 aliphatic rings. The molecule has 20 heavy (non-hydrogen) atoms. The maximum absolute atomic E-state index is 11.9. The molecule has 5 nitrogen and oxygen atoms in total. The van der Waals surface area contributed by atoms with Crippen molar-refractivity contribution >= 4 is 15.7 Å². The van der Waals surface area contributed by atoms with E-state index >= 15 is 0 Å². The summed E-state index contributed by atoms with van der Waals surface area (Å²) in [5.41, 5.74) is 0.996. The van der Waals surface area contributed by atoms with Crippen molar-refractivity contribution in [2.45, 2.75) is 32.1 Å². The number of hydrogen-bond donors (Lipinski definition) is 1. The fourth-order valence-electron chi connectivity index (χ4n) is 2.10. The van der Waals surface area contributed by atoms with Gasteiger partial charge in [0.1, 0.15) is 6.10 Å². The van der Waals surface area contributed by atoms with Gasteiger partial charge in [0.05, 0.1) is 18.1 Å². The van der Waals surface area contributed by atoms with Gasteiger partial charge in [-0.15, -0.1) is 0 Å². The molecule has 0 saturated carbocycles. The Bertz CT molecular complexity index is 556. The van der Waals surface area contributed by atoms with Gasteiger partial charge in [-0.3, -0.25) is 4.79 Å². The minimum atomic E-state index is -2.98. The predicted molar refractivity (Wildman–Crippen MR) is 75.9 cm³/mol. The van der Waals surface area contributed by atoms with Crippen LogP contribution in [0.25, 0.3) is 0 Å². The highest BCUT2D eigenvalue weighted by atomic mass is 32.2. The van der Waals surface area contributed by atoms with Gasteiger partial charge in [0.25, 0.3) is 0 Å². The van der Waals surface area contributed by atoms with Crippen molar-refractivity contribution in [3.05, 3.63) is 35.9 Å². The van der Waals surface area contributed by atoms with Crippen molar-refractivity contribution in [3.63, 3.8) is 0 Å². The number of carbonyl (C=O) groups is 1. The number of rotatable bonds is 5. The first-order valence-electron chi connectivity index (χ1n) is 6.62. The summed E-state index contributed by atoms with van der Waals surface area (Å²) >= 11 is 0. The van der Waals surface area contributed by atoms with E-state index in [1.807, 2.05) is 30.3 Å². The lowest BCUT2D eigenvalue weighted by Gasteiger charge is -2.16. The van der Waals surface area contributed by atoms with Crippen LogP contribution in [0.1, 0.15) is 18.9 Å². The molecule has 2 atom stereocenters. The van der Waals surface area contributed by atoms with Crippen molar-refractivity contribution < 1.29 is 17.9 Å². The molecular weight excluding hydrogens is 278 g/mol. The number of amides is 1. The average Bonchev–Trinajstić information content (AvgIpc) is 2.76. The molecule has 0 spiro atoms. The van der Waals surface area contributed by atoms with E-state index in [9.17, 15) is 13.2 Å². The summed E-state index contributed by atoms with van der Waals surface area (Å²) in [6, 6.07) is 9.30. The predicted octanol–water partition coefficient (Wildman–Crippen LogP) is 0.895. The van der Waals surface area contributed by atoms with E-state index < -0.39 is 15.9 Å². The van der Waals surface area contributed by atoms with Gasteiger partial charge in [0, 0.05) is 6.04 Å². The van der Waals surface area contributed by atoms with Gasteiger partial charge in [-0.2, -0.15) is 0 Å². The molecule has 1 aromatic rings. The minimum Gasteiger partial charge on any atom is -0.364 e. The third kappa shape index (κ3) is 4.31. The maximum atomic E-state index is 11.9. The lowest BCUT2D eigenvalue weighted by atomic mass is 10.2. The Morgan fingerprint density at radius 2 is 2.10 bits per heavy atom. The first kappa shape index (κ1) is 15.0. The Hall–Kier alpha value is -1.40. The molecule has 0 unspecified atom stereocenters. The molecule has 0 aliphatic carbocycles. The van der Waals surface area contributed by atoms with Crippen LogP contribution in [0.3, 0.4) is 0 Å². The van der Waals surface area contributed by atoms with Crippen LogP contribution in [0.5, 0.6) is 0 Å². The van der Waals surface area contributed by atoms with Crippen molar-refractivity contribution in [1.82, 2.24) is 5.32 Å². The average molecular weight is 297 g/mol. The third-order valence-electron chi connectivity index (χ3n) is 3.29. The summed E-state index contributed by atoms with van der Waals surface area (Å²) in [4.78, 5) is 11.9. The van der Waals surface area contributed by atoms with Crippen LogP contribution in [-0.4, -0.2) is 38.0 Å². The fraction of sp³-hybridized carbons (Fsp3) is 0.500. The molecule has 0 radical (unpaired) electrons. The molecule has 1 aliphatic heterocycles. The van der Waals surface area contributed by atoms with E-state index in [1.165, 1.54) is 0 Å². The van der Waals surface area contributed by atoms with Gasteiger partial charge in [-0.1, -0.05) is 30.3 Å². The Labute approximate surface area is 119 Å². The summed E-state index contributed by atoms with van der Waals surface area (Å²) in [6.07, 6.45) is -0.113. The number of sulfone groups is 1. The van der Waals surface area contributed by atoms with Gasteiger partial charge in [0.15, 0.2) is 9.84 Å². The van der Waals surface area contributed by atoms with E-state index in [-0.39, 0.29) is 23.5 Å². The fourth-order valence-corrected chi connectivity index (χ4v) is 3.77. The van der Waals surface area contributed by atoms with Crippen molar-refractivity contribution in [2.24, 2.45) is 0 Å². The zero-order valence-electron chi connectivity index (χ0n) is 11.4. The summed E-state index contributed by atoms with van der Waals surface area (Å²) in [6.45, 7) is 2.03. The van der Waals surface area contributed by atoms with Crippen molar-refractivity contribution in [1.29, 1.82) is 0 Å². The summed E-state index contributed by atoms with van der Waals surface area (Å²) in [5, 5.41) is 2.73. The molecule has 1 saturated heterocycles. The van der Waals surface area contributed by atoms with Crippen LogP contribution in [-0.2, 0) is 26.0 Å². The van der Waals surface area contributed by atoms with E-state index in [2.05, 4.69) is 5.32 Å². The first-order valence-corrected chi connectivity index (χ1v) is 8.45. The van der Waals surface area contributed by atoms with Gasteiger partial charge in [-0.05, 0) is 18.9 Å². The molecule has 110 valence electrons. The lowest BCUT2D eigenvalue weighted by molar-refractivity contribution is -0.133. The van der Waals surface area contributed by atoms with Crippen LogP contribution in [0.4, 0.5) is 0 Å². The molecule has 1 aromatic carbocycles. The minimum absolute atomic E-state index is 0.0319. The highest BCUT2D eigenvalue weighted by molar-refractivity contribution is 7.91. The monoisotopic (exact) mass is 297 g/mol. The molecule has 1 fully saturated rings. The van der Waals surface area contributed by atoms with E-state index in [4.69, 9.17) is 4.74 Å². The number of hydrogen-bond acceptors (Lipinski definition) is 4. The second-order valence-electron chi connectivity index (χ2n) is 5.05. The lowest BCUT2D eigenvalue weighted by Crippen LogP contribution is -2.41. The van der Waals surface area contributed by atoms with Crippen LogP contribution < -0.4 is 5.32 Å². The van der Waals surface area contributed by atoms with E-state index in [0.29, 0.717) is 13.0 Å². The Morgan fingerprint density at radius 1 is 1.40 bits per heavy atom.